The minimum absolute atomic E-state index is 0.111. The molecule has 0 fully saturated rings. The zero-order valence-electron chi connectivity index (χ0n) is 10.00. The first kappa shape index (κ1) is 14.2. The molecule has 1 aromatic carbocycles. The summed E-state index contributed by atoms with van der Waals surface area (Å²) in [4.78, 5) is 11.8. The van der Waals surface area contributed by atoms with Crippen LogP contribution in [0.15, 0.2) is 18.2 Å². The van der Waals surface area contributed by atoms with Crippen molar-refractivity contribution in [3.8, 4) is 0 Å². The average Bonchev–Trinajstić information content (AvgIpc) is 2.32. The number of nitrogens with one attached hydrogen (secondary N) is 1. The van der Waals surface area contributed by atoms with Crippen LogP contribution >= 0.6 is 23.4 Å². The normalized spacial score (nSPS) is 12.2. The molecule has 0 saturated heterocycles. The first-order valence-electron chi connectivity index (χ1n) is 5.40. The molecule has 0 aliphatic carbocycles. The zero-order valence-corrected chi connectivity index (χ0v) is 11.6. The summed E-state index contributed by atoms with van der Waals surface area (Å²) in [6, 6.07) is 4.90. The van der Waals surface area contributed by atoms with Gasteiger partial charge in [0.2, 0.25) is 0 Å². The van der Waals surface area contributed by atoms with Crippen LogP contribution in [0.2, 0.25) is 5.02 Å². The third-order valence-electron chi connectivity index (χ3n) is 2.50. The molecule has 0 bridgehead atoms. The fraction of sp³-hybridized carbons (Fsp3) is 0.417. The van der Waals surface area contributed by atoms with Gasteiger partial charge < -0.3 is 11.1 Å². The van der Waals surface area contributed by atoms with Gasteiger partial charge in [-0.1, -0.05) is 18.5 Å². The van der Waals surface area contributed by atoms with Crippen LogP contribution in [0.25, 0.3) is 0 Å². The molecule has 3 nitrogen and oxygen atoms in total. The van der Waals surface area contributed by atoms with Crippen LogP contribution < -0.4 is 11.1 Å². The maximum atomic E-state index is 11.8. The summed E-state index contributed by atoms with van der Waals surface area (Å²) in [6.07, 6.45) is 3.02. The fourth-order valence-electron chi connectivity index (χ4n) is 1.28. The van der Waals surface area contributed by atoms with Gasteiger partial charge in [0.25, 0.3) is 5.91 Å². The standard InChI is InChI=1S/C12H17ClN2OS/c1-8(17-2)5-6-15-12(16)9-3-4-11(14)10(13)7-9/h3-4,7-8H,5-6,14H2,1-2H3,(H,15,16). The van der Waals surface area contributed by atoms with Crippen molar-refractivity contribution in [3.05, 3.63) is 28.8 Å². The molecule has 94 valence electrons. The number of amides is 1. The molecule has 1 aromatic rings. The Bertz CT molecular complexity index is 398. The van der Waals surface area contributed by atoms with Crippen LogP contribution in [0.4, 0.5) is 5.69 Å². The van der Waals surface area contributed by atoms with Crippen LogP contribution in [-0.2, 0) is 0 Å². The van der Waals surface area contributed by atoms with E-state index in [9.17, 15) is 4.79 Å². The van der Waals surface area contributed by atoms with Gasteiger partial charge in [-0.2, -0.15) is 11.8 Å². The van der Waals surface area contributed by atoms with E-state index in [-0.39, 0.29) is 5.91 Å². The molecule has 0 aliphatic heterocycles. The maximum absolute atomic E-state index is 11.8. The number of hydrogen-bond donors (Lipinski definition) is 2. The average molecular weight is 273 g/mol. The van der Waals surface area contributed by atoms with Crippen LogP contribution in [0, 0.1) is 0 Å². The largest absolute Gasteiger partial charge is 0.398 e. The SMILES string of the molecule is CSC(C)CCNC(=O)c1ccc(N)c(Cl)c1. The van der Waals surface area contributed by atoms with Crippen molar-refractivity contribution < 1.29 is 4.79 Å². The molecule has 0 aliphatic rings. The molecule has 0 heterocycles. The second-order valence-corrected chi connectivity index (χ2v) is 5.51. The Kier molecular flexibility index (Phi) is 5.65. The quantitative estimate of drug-likeness (QED) is 0.811. The van der Waals surface area contributed by atoms with E-state index >= 15 is 0 Å². The van der Waals surface area contributed by atoms with Gasteiger partial charge in [0.15, 0.2) is 0 Å². The molecule has 1 unspecified atom stereocenters. The number of hydrogen-bond acceptors (Lipinski definition) is 3. The fourth-order valence-corrected chi connectivity index (χ4v) is 1.81. The molecule has 0 saturated carbocycles. The van der Waals surface area contributed by atoms with Gasteiger partial charge >= 0.3 is 0 Å². The van der Waals surface area contributed by atoms with Gasteiger partial charge in [-0.3, -0.25) is 4.79 Å². The second-order valence-electron chi connectivity index (χ2n) is 3.83. The lowest BCUT2D eigenvalue weighted by Crippen LogP contribution is -2.26. The zero-order chi connectivity index (χ0) is 12.8. The number of carbonyl (C=O) groups is 1. The lowest BCUT2D eigenvalue weighted by Gasteiger charge is -2.09. The van der Waals surface area contributed by atoms with Crippen LogP contribution in [0.5, 0.6) is 0 Å². The van der Waals surface area contributed by atoms with E-state index in [0.717, 1.165) is 6.42 Å². The molecule has 1 atom stereocenters. The summed E-state index contributed by atoms with van der Waals surface area (Å²) in [5.41, 5.74) is 6.61. The van der Waals surface area contributed by atoms with Gasteiger partial charge in [0.1, 0.15) is 0 Å². The molecule has 0 radical (unpaired) electrons. The maximum Gasteiger partial charge on any atom is 0.251 e. The van der Waals surface area contributed by atoms with Gasteiger partial charge in [-0.15, -0.1) is 0 Å². The van der Waals surface area contributed by atoms with Gasteiger partial charge in [-0.25, -0.2) is 0 Å². The highest BCUT2D eigenvalue weighted by Crippen LogP contribution is 2.19. The number of anilines is 1. The van der Waals surface area contributed by atoms with Crippen LogP contribution in [-0.4, -0.2) is 24.0 Å². The number of carbonyl (C=O) groups excluding carboxylic acids is 1. The Balaban J connectivity index is 2.50. The Hall–Kier alpha value is -0.870. The lowest BCUT2D eigenvalue weighted by atomic mass is 10.2. The molecule has 1 rings (SSSR count). The van der Waals surface area contributed by atoms with Crippen molar-refractivity contribution in [1.82, 2.24) is 5.32 Å². The highest BCUT2D eigenvalue weighted by molar-refractivity contribution is 7.99. The third kappa shape index (κ3) is 4.48. The Morgan fingerprint density at radius 2 is 2.29 bits per heavy atom. The van der Waals surface area contributed by atoms with Crippen molar-refractivity contribution in [2.45, 2.75) is 18.6 Å². The van der Waals surface area contributed by atoms with E-state index in [4.69, 9.17) is 17.3 Å². The molecular weight excluding hydrogens is 256 g/mol. The molecule has 0 aromatic heterocycles. The van der Waals surface area contributed by atoms with Gasteiger partial charge in [0, 0.05) is 17.4 Å². The Labute approximate surface area is 111 Å². The number of rotatable bonds is 5. The minimum atomic E-state index is -0.111. The summed E-state index contributed by atoms with van der Waals surface area (Å²) in [7, 11) is 0. The first-order chi connectivity index (χ1) is 8.04. The van der Waals surface area contributed by atoms with Crippen molar-refractivity contribution in [2.75, 3.05) is 18.5 Å². The van der Waals surface area contributed by atoms with E-state index in [0.29, 0.717) is 28.1 Å². The Morgan fingerprint density at radius 1 is 1.59 bits per heavy atom. The van der Waals surface area contributed by atoms with Crippen molar-refractivity contribution in [1.29, 1.82) is 0 Å². The molecule has 5 heteroatoms. The topological polar surface area (TPSA) is 55.1 Å². The highest BCUT2D eigenvalue weighted by Gasteiger charge is 2.07. The number of halogens is 1. The van der Waals surface area contributed by atoms with Crippen LogP contribution in [0.3, 0.4) is 0 Å². The van der Waals surface area contributed by atoms with E-state index in [2.05, 4.69) is 18.5 Å². The first-order valence-corrected chi connectivity index (χ1v) is 7.07. The molecule has 3 N–H and O–H groups in total. The Morgan fingerprint density at radius 3 is 2.88 bits per heavy atom. The molecule has 17 heavy (non-hydrogen) atoms. The lowest BCUT2D eigenvalue weighted by molar-refractivity contribution is 0.0953. The molecule has 0 spiro atoms. The number of thioether (sulfide) groups is 1. The summed E-state index contributed by atoms with van der Waals surface area (Å²) in [5.74, 6) is -0.111. The van der Waals surface area contributed by atoms with Crippen molar-refractivity contribution in [2.24, 2.45) is 0 Å². The summed E-state index contributed by atoms with van der Waals surface area (Å²) >= 11 is 7.64. The molecular formula is C12H17ClN2OS. The summed E-state index contributed by atoms with van der Waals surface area (Å²) < 4.78 is 0. The summed E-state index contributed by atoms with van der Waals surface area (Å²) in [5, 5.41) is 3.82. The van der Waals surface area contributed by atoms with Crippen molar-refractivity contribution in [3.63, 3.8) is 0 Å². The highest BCUT2D eigenvalue weighted by atomic mass is 35.5. The number of nitrogen functional groups attached to an aromatic ring is 1. The minimum Gasteiger partial charge on any atom is -0.398 e. The third-order valence-corrected chi connectivity index (χ3v) is 3.87. The number of nitrogens with two attached hydrogens (primary N) is 1. The molecule has 1 amide bonds. The summed E-state index contributed by atoms with van der Waals surface area (Å²) in [6.45, 7) is 2.81. The van der Waals surface area contributed by atoms with E-state index < -0.39 is 0 Å². The van der Waals surface area contributed by atoms with E-state index in [1.54, 1.807) is 30.0 Å². The van der Waals surface area contributed by atoms with E-state index in [1.807, 2.05) is 0 Å². The van der Waals surface area contributed by atoms with E-state index in [1.165, 1.54) is 0 Å². The van der Waals surface area contributed by atoms with Crippen LogP contribution in [0.1, 0.15) is 23.7 Å². The smallest absolute Gasteiger partial charge is 0.251 e. The monoisotopic (exact) mass is 272 g/mol. The second kappa shape index (κ2) is 6.77. The predicted molar refractivity (Wildman–Crippen MR) is 75.8 cm³/mol. The number of benzene rings is 1. The predicted octanol–water partition coefficient (Wildman–Crippen LogP) is 2.79. The van der Waals surface area contributed by atoms with Crippen molar-refractivity contribution >= 4 is 35.0 Å². The van der Waals surface area contributed by atoms with Gasteiger partial charge in [0.05, 0.1) is 10.7 Å². The van der Waals surface area contributed by atoms with Gasteiger partial charge in [-0.05, 0) is 30.9 Å².